The van der Waals surface area contributed by atoms with Crippen molar-refractivity contribution in [3.8, 4) is 0 Å². The molecule has 4 N–H and O–H groups in total. The van der Waals surface area contributed by atoms with Crippen molar-refractivity contribution in [1.82, 2.24) is 31.0 Å². The molecule has 1 saturated carbocycles. The number of hydrogen-bond donors (Lipinski definition) is 4. The number of pyridine rings is 1. The molecule has 0 amide bonds. The number of allylic oxidation sites excluding steroid dienone is 2. The lowest BCUT2D eigenvalue weighted by molar-refractivity contribution is 0.717. The normalized spacial score (nSPS) is 22.4. The summed E-state index contributed by atoms with van der Waals surface area (Å²) in [5, 5.41) is 22.6. The van der Waals surface area contributed by atoms with Crippen LogP contribution in [0.2, 0.25) is 0 Å². The smallest absolute Gasteiger partial charge is 0.263 e. The van der Waals surface area contributed by atoms with Crippen molar-refractivity contribution in [2.75, 3.05) is 15.6 Å². The molecule has 24 heavy (non-hydrogen) atoms. The summed E-state index contributed by atoms with van der Waals surface area (Å²) in [5.41, 5.74) is 4.12. The molecule has 1 fully saturated rings. The number of anilines is 3. The third-order valence-corrected chi connectivity index (χ3v) is 4.15. The Balaban J connectivity index is 1.31. The van der Waals surface area contributed by atoms with Crippen LogP contribution in [0.5, 0.6) is 0 Å². The lowest BCUT2D eigenvalue weighted by atomic mass is 10.2. The number of nitrogens with zero attached hydrogens (tertiary/aromatic N) is 5. The van der Waals surface area contributed by atoms with Crippen LogP contribution in [0.4, 0.5) is 17.5 Å². The number of rotatable bonds is 5. The van der Waals surface area contributed by atoms with Crippen LogP contribution in [-0.4, -0.2) is 37.7 Å². The standard InChI is InChI=1S/C15H19N9/c1-2-8-24(17-7-1)13-5-6-14(16-10-13)18-11-3-4-12(9-11)19-15-20-22-23-21-15/h1-2,5-8,10-12,17H,3-4,9H2,(H,16,18)(H2,19,20,21,22,23)/t11-,12-/m0/s1. The van der Waals surface area contributed by atoms with Gasteiger partial charge in [-0.25, -0.2) is 4.98 Å². The van der Waals surface area contributed by atoms with Gasteiger partial charge in [-0.3, -0.25) is 5.01 Å². The Hall–Kier alpha value is -3.10. The van der Waals surface area contributed by atoms with Gasteiger partial charge in [-0.05, 0) is 48.8 Å². The van der Waals surface area contributed by atoms with E-state index in [4.69, 9.17) is 0 Å². The fraction of sp³-hybridized carbons (Fsp3) is 0.333. The molecule has 0 radical (unpaired) electrons. The Morgan fingerprint density at radius 1 is 1.12 bits per heavy atom. The SMILES string of the molecule is C1=CNN(c2ccc(N[C@H]3CC[C@H](Nc4nn[nH]n4)C3)nc2)C=C1. The summed E-state index contributed by atoms with van der Waals surface area (Å²) in [4.78, 5) is 4.51. The molecule has 0 aromatic carbocycles. The molecule has 2 atom stereocenters. The molecular formula is C15H19N9. The summed E-state index contributed by atoms with van der Waals surface area (Å²) in [6.07, 6.45) is 12.7. The quantitative estimate of drug-likeness (QED) is 0.653. The van der Waals surface area contributed by atoms with E-state index in [2.05, 4.69) is 41.7 Å². The highest BCUT2D eigenvalue weighted by Crippen LogP contribution is 2.25. The van der Waals surface area contributed by atoms with Crippen molar-refractivity contribution < 1.29 is 0 Å². The zero-order valence-corrected chi connectivity index (χ0v) is 13.1. The van der Waals surface area contributed by atoms with E-state index < -0.39 is 0 Å². The molecule has 2 aliphatic rings. The minimum atomic E-state index is 0.355. The van der Waals surface area contributed by atoms with Crippen LogP contribution in [-0.2, 0) is 0 Å². The predicted molar refractivity (Wildman–Crippen MR) is 91.0 cm³/mol. The van der Waals surface area contributed by atoms with Gasteiger partial charge in [0, 0.05) is 24.5 Å². The van der Waals surface area contributed by atoms with E-state index in [1.807, 2.05) is 47.9 Å². The monoisotopic (exact) mass is 325 g/mol. The van der Waals surface area contributed by atoms with E-state index in [0.717, 1.165) is 30.8 Å². The Kier molecular flexibility index (Phi) is 3.96. The van der Waals surface area contributed by atoms with Crippen LogP contribution < -0.4 is 21.1 Å². The first-order chi connectivity index (χ1) is 11.9. The number of aromatic nitrogens is 5. The second-order valence-electron chi connectivity index (χ2n) is 5.83. The highest BCUT2D eigenvalue weighted by molar-refractivity contribution is 5.52. The van der Waals surface area contributed by atoms with Crippen LogP contribution in [0.1, 0.15) is 19.3 Å². The van der Waals surface area contributed by atoms with E-state index in [-0.39, 0.29) is 0 Å². The third kappa shape index (κ3) is 3.29. The molecule has 0 spiro atoms. The van der Waals surface area contributed by atoms with Gasteiger partial charge < -0.3 is 16.1 Å². The lowest BCUT2D eigenvalue weighted by Gasteiger charge is -2.22. The van der Waals surface area contributed by atoms with E-state index in [0.29, 0.717) is 18.0 Å². The Labute approximate surface area is 139 Å². The van der Waals surface area contributed by atoms with E-state index in [1.54, 1.807) is 0 Å². The Morgan fingerprint density at radius 2 is 2.04 bits per heavy atom. The van der Waals surface area contributed by atoms with Gasteiger partial charge >= 0.3 is 0 Å². The first-order valence-electron chi connectivity index (χ1n) is 7.98. The number of hydrogen-bond acceptors (Lipinski definition) is 8. The number of hydrazine groups is 1. The molecule has 9 heteroatoms. The minimum absolute atomic E-state index is 0.355. The molecule has 2 aromatic rings. The van der Waals surface area contributed by atoms with Gasteiger partial charge in [-0.2, -0.15) is 5.21 Å². The Bertz CT molecular complexity index is 707. The molecule has 1 aliphatic carbocycles. The van der Waals surface area contributed by atoms with Crippen LogP contribution in [0.3, 0.4) is 0 Å². The van der Waals surface area contributed by atoms with Crippen molar-refractivity contribution in [2.24, 2.45) is 0 Å². The van der Waals surface area contributed by atoms with Crippen LogP contribution in [0.25, 0.3) is 0 Å². The molecular weight excluding hydrogens is 306 g/mol. The summed E-state index contributed by atoms with van der Waals surface area (Å²) in [6, 6.07) is 4.79. The van der Waals surface area contributed by atoms with Gasteiger partial charge in [0.25, 0.3) is 5.95 Å². The van der Waals surface area contributed by atoms with Gasteiger partial charge in [0.05, 0.1) is 11.9 Å². The average molecular weight is 325 g/mol. The number of H-pyrrole nitrogens is 1. The first kappa shape index (κ1) is 14.5. The van der Waals surface area contributed by atoms with E-state index in [1.165, 1.54) is 0 Å². The molecule has 124 valence electrons. The molecule has 0 saturated heterocycles. The van der Waals surface area contributed by atoms with Crippen LogP contribution in [0.15, 0.2) is 42.9 Å². The van der Waals surface area contributed by atoms with Crippen molar-refractivity contribution in [1.29, 1.82) is 0 Å². The predicted octanol–water partition coefficient (Wildman–Crippen LogP) is 1.39. The topological polar surface area (TPSA) is 107 Å². The average Bonchev–Trinajstić information content (AvgIpc) is 3.29. The fourth-order valence-corrected chi connectivity index (χ4v) is 2.99. The highest BCUT2D eigenvalue weighted by atomic mass is 15.5. The maximum atomic E-state index is 4.51. The summed E-state index contributed by atoms with van der Waals surface area (Å²) < 4.78 is 0. The largest absolute Gasteiger partial charge is 0.367 e. The van der Waals surface area contributed by atoms with Gasteiger partial charge in [0.1, 0.15) is 5.82 Å². The number of nitrogens with one attached hydrogen (secondary N) is 4. The van der Waals surface area contributed by atoms with Crippen molar-refractivity contribution in [3.05, 3.63) is 42.9 Å². The van der Waals surface area contributed by atoms with Gasteiger partial charge in [0.2, 0.25) is 0 Å². The lowest BCUT2D eigenvalue weighted by Crippen LogP contribution is -2.30. The van der Waals surface area contributed by atoms with Crippen molar-refractivity contribution in [3.63, 3.8) is 0 Å². The number of tetrazole rings is 1. The Morgan fingerprint density at radius 3 is 2.75 bits per heavy atom. The van der Waals surface area contributed by atoms with Gasteiger partial charge in [0.15, 0.2) is 0 Å². The third-order valence-electron chi connectivity index (χ3n) is 4.15. The summed E-state index contributed by atoms with van der Waals surface area (Å²) >= 11 is 0. The van der Waals surface area contributed by atoms with Crippen LogP contribution in [0, 0.1) is 0 Å². The molecule has 1 aliphatic heterocycles. The molecule has 4 rings (SSSR count). The van der Waals surface area contributed by atoms with E-state index >= 15 is 0 Å². The van der Waals surface area contributed by atoms with Gasteiger partial charge in [-0.1, -0.05) is 5.10 Å². The summed E-state index contributed by atoms with van der Waals surface area (Å²) in [7, 11) is 0. The molecule has 2 aromatic heterocycles. The maximum Gasteiger partial charge on any atom is 0.263 e. The zero-order valence-electron chi connectivity index (χ0n) is 13.1. The zero-order chi connectivity index (χ0) is 16.2. The van der Waals surface area contributed by atoms with Gasteiger partial charge in [-0.15, -0.1) is 5.10 Å². The number of aromatic amines is 1. The molecule has 9 nitrogen and oxygen atoms in total. The summed E-state index contributed by atoms with van der Waals surface area (Å²) in [6.45, 7) is 0. The van der Waals surface area contributed by atoms with Crippen molar-refractivity contribution in [2.45, 2.75) is 31.3 Å². The first-order valence-corrected chi connectivity index (χ1v) is 7.98. The second-order valence-corrected chi connectivity index (χ2v) is 5.83. The summed E-state index contributed by atoms with van der Waals surface area (Å²) in [5.74, 6) is 1.44. The van der Waals surface area contributed by atoms with E-state index in [9.17, 15) is 0 Å². The molecule has 0 bridgehead atoms. The molecule has 3 heterocycles. The van der Waals surface area contributed by atoms with Crippen molar-refractivity contribution >= 4 is 17.5 Å². The maximum absolute atomic E-state index is 4.51. The molecule has 0 unspecified atom stereocenters. The fourth-order valence-electron chi connectivity index (χ4n) is 2.99. The van der Waals surface area contributed by atoms with Crippen LogP contribution >= 0.6 is 0 Å². The second kappa shape index (κ2) is 6.57. The minimum Gasteiger partial charge on any atom is -0.367 e. The highest BCUT2D eigenvalue weighted by Gasteiger charge is 2.25.